The quantitative estimate of drug-likeness (QED) is 0.0683. The van der Waals surface area contributed by atoms with Crippen LogP contribution in [-0.4, -0.2) is 35.6 Å². The average molecular weight is 1110 g/mol. The van der Waals surface area contributed by atoms with Crippen molar-refractivity contribution >= 4 is 52.1 Å². The molecule has 1 heterocycles. The van der Waals surface area contributed by atoms with Gasteiger partial charge >= 0.3 is 12.1 Å². The number of hydrogen-bond donors (Lipinski definition) is 2. The lowest BCUT2D eigenvalue weighted by molar-refractivity contribution is -2.00. The van der Waals surface area contributed by atoms with Crippen molar-refractivity contribution in [2.24, 2.45) is 0 Å². The van der Waals surface area contributed by atoms with E-state index in [1.807, 2.05) is 97.1 Å². The van der Waals surface area contributed by atoms with Crippen molar-refractivity contribution in [1.82, 2.24) is 10.3 Å². The summed E-state index contributed by atoms with van der Waals surface area (Å²) in [5.74, 6) is -1.09. The smallest absolute Gasteiger partial charge is 0.407 e. The minimum atomic E-state index is -4.94. The van der Waals surface area contributed by atoms with Crippen LogP contribution in [0, 0.1) is 10.2 Å². The number of anilines is 1. The van der Waals surface area contributed by atoms with E-state index in [1.54, 1.807) is 17.2 Å². The Bertz CT molecular complexity index is 3550. The van der Waals surface area contributed by atoms with Crippen LogP contribution in [0.2, 0.25) is 0 Å². The number of nitrogens with zero attached hydrogens (tertiary/aromatic N) is 1. The van der Waals surface area contributed by atoms with Crippen LogP contribution in [0.1, 0.15) is 44.2 Å². The van der Waals surface area contributed by atoms with Gasteiger partial charge in [-0.1, -0.05) is 200 Å². The summed E-state index contributed by atoms with van der Waals surface area (Å²) in [5, 5.41) is 8.07. The lowest BCUT2D eigenvalue weighted by atomic mass is 9.98. The Balaban J connectivity index is 0.00000141. The summed E-state index contributed by atoms with van der Waals surface area (Å²) in [4.78, 5) is 47.1. The number of amides is 2. The first-order valence-electron chi connectivity index (χ1n) is 26.2. The lowest BCUT2D eigenvalue weighted by Crippen LogP contribution is -2.68. The number of nitrogens with one attached hydrogen (secondary N) is 2. The van der Waals surface area contributed by atoms with Gasteiger partial charge in [-0.25, -0.2) is 28.2 Å². The number of aromatic amines is 1. The molecule has 0 bridgehead atoms. The third kappa shape index (κ3) is 13.2. The second-order valence-electron chi connectivity index (χ2n) is 19.3. The molecule has 9 aromatic carbocycles. The molecule has 0 saturated heterocycles. The van der Waals surface area contributed by atoms with Crippen LogP contribution in [0.25, 0.3) is 22.3 Å². The number of carbonyl (C=O) groups is 3. The molecule has 14 heteroatoms. The van der Waals surface area contributed by atoms with E-state index in [9.17, 15) is 14.4 Å². The Morgan fingerprint density at radius 2 is 0.951 bits per heavy atom. The van der Waals surface area contributed by atoms with Gasteiger partial charge in [-0.05, 0) is 105 Å². The Hall–Kier alpha value is -8.97. The summed E-state index contributed by atoms with van der Waals surface area (Å²) in [6.07, 6.45) is 1.13. The van der Waals surface area contributed by atoms with Gasteiger partial charge in [-0.3, -0.25) is 4.79 Å². The number of benzene rings is 9. The zero-order chi connectivity index (χ0) is 56.2. The van der Waals surface area contributed by atoms with E-state index in [0.29, 0.717) is 5.69 Å². The Morgan fingerprint density at radius 1 is 0.519 bits per heavy atom. The molecule has 0 fully saturated rings. The first kappa shape index (κ1) is 55.3. The SMILES string of the molecule is O=C(N[C@@H](Cc1ccccc1)C(=O)N(Cc1ccccc1)c1c[nH]c(C(=O)OCc2ccc(-c3ccc([P+](c4ccccc4)(c4ccccc4)c4ccccc4)cc3)cc2)c1)OCC1c2ccccc2-c2ccccc21.[O-][Cl+3]([O-])([O-])[O-]. The van der Waals surface area contributed by atoms with Crippen LogP contribution >= 0.6 is 7.26 Å². The largest absolute Gasteiger partial charge is 0.456 e. The van der Waals surface area contributed by atoms with E-state index in [2.05, 4.69) is 162 Å². The molecule has 1 aromatic heterocycles. The molecule has 0 aliphatic heterocycles. The Labute approximate surface area is 472 Å². The van der Waals surface area contributed by atoms with Crippen LogP contribution in [0.5, 0.6) is 0 Å². The Kier molecular flexibility index (Phi) is 17.4. The average Bonchev–Trinajstić information content (AvgIpc) is 4.21. The summed E-state index contributed by atoms with van der Waals surface area (Å²) in [5.41, 5.74) is 9.72. The molecule has 12 nitrogen and oxygen atoms in total. The van der Waals surface area contributed by atoms with Gasteiger partial charge in [0.05, 0.1) is 12.2 Å². The number of rotatable bonds is 17. The summed E-state index contributed by atoms with van der Waals surface area (Å²) < 4.78 is 45.8. The number of alkyl carbamates (subject to hydrolysis) is 1. The number of esters is 1. The fourth-order valence-electron chi connectivity index (χ4n) is 10.5. The summed E-state index contributed by atoms with van der Waals surface area (Å²) in [7, 11) is -7.17. The number of aromatic nitrogens is 1. The van der Waals surface area contributed by atoms with Crippen LogP contribution in [0.4, 0.5) is 10.5 Å². The van der Waals surface area contributed by atoms with Gasteiger partial charge in [-0.15, -0.1) is 10.2 Å². The molecule has 0 spiro atoms. The number of ether oxygens (including phenoxy) is 2. The maximum atomic E-state index is 15.0. The van der Waals surface area contributed by atoms with Crippen molar-refractivity contribution in [3.05, 3.63) is 294 Å². The first-order chi connectivity index (χ1) is 39.4. The Morgan fingerprint density at radius 3 is 1.46 bits per heavy atom. The van der Waals surface area contributed by atoms with Crippen LogP contribution in [0.15, 0.2) is 261 Å². The van der Waals surface area contributed by atoms with Gasteiger partial charge < -0.3 is 24.7 Å². The third-order valence-electron chi connectivity index (χ3n) is 14.2. The second-order valence-corrected chi connectivity index (χ2v) is 23.4. The lowest BCUT2D eigenvalue weighted by Gasteiger charge is -2.27. The molecule has 2 N–H and O–H groups in total. The molecule has 81 heavy (non-hydrogen) atoms. The van der Waals surface area contributed by atoms with Gasteiger partial charge in [0.25, 0.3) is 0 Å². The van der Waals surface area contributed by atoms with Crippen molar-refractivity contribution in [3.63, 3.8) is 0 Å². The van der Waals surface area contributed by atoms with Crippen molar-refractivity contribution in [2.75, 3.05) is 11.5 Å². The van der Waals surface area contributed by atoms with Gasteiger partial charge in [0, 0.05) is 18.5 Å². The third-order valence-corrected chi connectivity index (χ3v) is 18.5. The van der Waals surface area contributed by atoms with E-state index in [0.717, 1.165) is 50.1 Å². The maximum absolute atomic E-state index is 15.0. The summed E-state index contributed by atoms with van der Waals surface area (Å²) in [6.45, 7) is 0.317. The van der Waals surface area contributed by atoms with E-state index in [-0.39, 0.29) is 43.7 Å². The highest BCUT2D eigenvalue weighted by Gasteiger charge is 2.47. The van der Waals surface area contributed by atoms with Crippen molar-refractivity contribution in [3.8, 4) is 22.3 Å². The molecule has 2 amide bonds. The molecule has 0 radical (unpaired) electrons. The number of carbonyl (C=O) groups excluding carboxylic acids is 3. The minimum absolute atomic E-state index is 0.0422. The van der Waals surface area contributed by atoms with Crippen LogP contribution in [0.3, 0.4) is 0 Å². The van der Waals surface area contributed by atoms with E-state index >= 15 is 0 Å². The summed E-state index contributed by atoms with van der Waals surface area (Å²) in [6, 6.07) is 85.6. The minimum Gasteiger partial charge on any atom is -0.456 e. The highest BCUT2D eigenvalue weighted by Crippen LogP contribution is 2.54. The second kappa shape index (κ2) is 25.4. The summed E-state index contributed by atoms with van der Waals surface area (Å²) >= 11 is 0. The van der Waals surface area contributed by atoms with Gasteiger partial charge in [0.2, 0.25) is 5.91 Å². The fraction of sp³-hybridized carbons (Fsp3) is 0.0896. The van der Waals surface area contributed by atoms with E-state index in [1.165, 1.54) is 21.2 Å². The number of fused-ring (bicyclic) bond motifs is 3. The normalized spacial score (nSPS) is 12.2. The van der Waals surface area contributed by atoms with Gasteiger partial charge in [0.1, 0.15) is 53.4 Å². The van der Waals surface area contributed by atoms with Crippen molar-refractivity contribution in [1.29, 1.82) is 0 Å². The van der Waals surface area contributed by atoms with Crippen molar-refractivity contribution < 1.29 is 52.7 Å². The monoisotopic (exact) mass is 1110 g/mol. The number of hydrogen-bond acceptors (Lipinski definition) is 9. The molecule has 0 unspecified atom stereocenters. The molecule has 0 saturated carbocycles. The van der Waals surface area contributed by atoms with Gasteiger partial charge in [0.15, 0.2) is 0 Å². The van der Waals surface area contributed by atoms with Crippen LogP contribution < -0.4 is 50.1 Å². The zero-order valence-corrected chi connectivity index (χ0v) is 45.4. The molecule has 11 rings (SSSR count). The molecule has 1 aliphatic rings. The predicted molar refractivity (Wildman–Crippen MR) is 306 cm³/mol. The molecular weight excluding hydrogens is 1060 g/mol. The molecule has 10 aromatic rings. The molecule has 1 atom stereocenters. The van der Waals surface area contributed by atoms with Gasteiger partial charge in [-0.2, -0.15) is 0 Å². The highest BCUT2D eigenvalue weighted by atomic mass is 35.7. The van der Waals surface area contributed by atoms with Crippen LogP contribution in [-0.2, 0) is 33.8 Å². The van der Waals surface area contributed by atoms with E-state index < -0.39 is 35.6 Å². The molecule has 1 aliphatic carbocycles. The topological polar surface area (TPSA) is 193 Å². The zero-order valence-electron chi connectivity index (χ0n) is 43.8. The van der Waals surface area contributed by atoms with E-state index in [4.69, 9.17) is 28.1 Å². The maximum Gasteiger partial charge on any atom is 0.407 e. The molecule has 404 valence electrons. The fourth-order valence-corrected chi connectivity index (χ4v) is 14.7. The number of H-pyrrole nitrogens is 1. The number of halogens is 1. The predicted octanol–water partition coefficient (Wildman–Crippen LogP) is 7.59. The standard InChI is InChI=1S/C67H54N3O5P.ClHO4/c71-65(63(42-48-20-6-1-7-21-48)69-67(73)75-47-62-60-32-18-16-30-58(60)59-31-17-19-33-61(59)62)70(45-49-22-8-2-9-23-49)53-43-64(68-44-53)66(72)74-46-50-34-36-51(37-35-50)52-38-40-57(41-39-52)76(54-24-10-3-11-25-54,55-26-12-4-13-27-55)56-28-14-5-15-29-56;2-1(3,4)5/h1-41,43-44,62-63H,42,45-47H2,(H-,68,69,72,73);(H,2,3,4,5)/t63-;/m0./s1. The first-order valence-corrected chi connectivity index (χ1v) is 29.2. The van der Waals surface area contributed by atoms with Crippen molar-refractivity contribution in [2.45, 2.75) is 31.5 Å². The molecular formula is C67H55ClN3O9P. The highest BCUT2D eigenvalue weighted by molar-refractivity contribution is 8.01.